The summed E-state index contributed by atoms with van der Waals surface area (Å²) in [6.45, 7) is 1.05. The molecule has 0 spiro atoms. The molecule has 17 heavy (non-hydrogen) atoms. The first-order chi connectivity index (χ1) is 8.28. The van der Waals surface area contributed by atoms with E-state index >= 15 is 0 Å². The van der Waals surface area contributed by atoms with Crippen LogP contribution >= 0.6 is 22.9 Å². The summed E-state index contributed by atoms with van der Waals surface area (Å²) < 4.78 is 6.26. The largest absolute Gasteiger partial charge is 0.381 e. The molecule has 1 aliphatic carbocycles. The Balaban J connectivity index is 1.63. The summed E-state index contributed by atoms with van der Waals surface area (Å²) in [6, 6.07) is 4.78. The molecule has 0 unspecified atom stereocenters. The monoisotopic (exact) mass is 273 g/mol. The van der Waals surface area contributed by atoms with Crippen molar-refractivity contribution in [2.75, 3.05) is 13.7 Å². The van der Waals surface area contributed by atoms with Crippen molar-refractivity contribution >= 4 is 22.9 Å². The molecule has 4 heteroatoms. The molecule has 0 aromatic carbocycles. The zero-order valence-electron chi connectivity index (χ0n) is 10.2. The van der Waals surface area contributed by atoms with Gasteiger partial charge in [-0.25, -0.2) is 0 Å². The number of ether oxygens (including phenoxy) is 1. The Bertz CT molecular complexity index is 334. The molecule has 1 aromatic rings. The fourth-order valence-electron chi connectivity index (χ4n) is 2.39. The molecule has 96 valence electrons. The number of thiophene rings is 1. The number of hydrogen-bond acceptors (Lipinski definition) is 3. The predicted octanol–water partition coefficient (Wildman–Crippen LogP) is 3.49. The van der Waals surface area contributed by atoms with Crippen molar-refractivity contribution < 1.29 is 4.74 Å². The van der Waals surface area contributed by atoms with Gasteiger partial charge in [-0.2, -0.15) is 0 Å². The van der Waals surface area contributed by atoms with Crippen molar-refractivity contribution in [3.05, 3.63) is 21.3 Å². The molecule has 0 amide bonds. The second kappa shape index (κ2) is 6.74. The third kappa shape index (κ3) is 4.25. The molecule has 1 aliphatic rings. The van der Waals surface area contributed by atoms with E-state index in [0.717, 1.165) is 17.3 Å². The highest BCUT2D eigenvalue weighted by atomic mass is 35.5. The van der Waals surface area contributed by atoms with Gasteiger partial charge in [0.25, 0.3) is 0 Å². The molecule has 2 rings (SSSR count). The maximum atomic E-state index is 5.90. The van der Waals surface area contributed by atoms with Gasteiger partial charge in [0.2, 0.25) is 0 Å². The van der Waals surface area contributed by atoms with Gasteiger partial charge in [-0.3, -0.25) is 0 Å². The summed E-state index contributed by atoms with van der Waals surface area (Å²) >= 11 is 7.59. The van der Waals surface area contributed by atoms with E-state index in [-0.39, 0.29) is 0 Å². The standard InChI is InChI=1S/C13H20ClNOS/c1-16-11-4-2-10(3-5-11)15-9-8-12-6-7-13(14)17-12/h6-7,10-11,15H,2-5,8-9H2,1H3. The molecule has 0 aliphatic heterocycles. The van der Waals surface area contributed by atoms with Crippen molar-refractivity contribution in [1.82, 2.24) is 5.32 Å². The van der Waals surface area contributed by atoms with Crippen LogP contribution in [0.3, 0.4) is 0 Å². The number of halogens is 1. The van der Waals surface area contributed by atoms with E-state index in [2.05, 4.69) is 11.4 Å². The molecule has 1 saturated carbocycles. The van der Waals surface area contributed by atoms with Crippen LogP contribution in [0.25, 0.3) is 0 Å². The smallest absolute Gasteiger partial charge is 0.0931 e. The second-order valence-electron chi connectivity index (χ2n) is 4.62. The van der Waals surface area contributed by atoms with Crippen molar-refractivity contribution in [3.8, 4) is 0 Å². The highest BCUT2D eigenvalue weighted by Gasteiger charge is 2.19. The van der Waals surface area contributed by atoms with Gasteiger partial charge in [-0.15, -0.1) is 11.3 Å². The highest BCUT2D eigenvalue weighted by Crippen LogP contribution is 2.22. The van der Waals surface area contributed by atoms with E-state index in [1.165, 1.54) is 30.6 Å². The normalized spacial score (nSPS) is 25.1. The molecule has 0 radical (unpaired) electrons. The van der Waals surface area contributed by atoms with E-state index in [4.69, 9.17) is 16.3 Å². The zero-order valence-corrected chi connectivity index (χ0v) is 11.8. The van der Waals surface area contributed by atoms with Crippen LogP contribution < -0.4 is 5.32 Å². The first-order valence-corrected chi connectivity index (χ1v) is 7.48. The summed E-state index contributed by atoms with van der Waals surface area (Å²) in [4.78, 5) is 1.37. The van der Waals surface area contributed by atoms with Crippen molar-refractivity contribution in [1.29, 1.82) is 0 Å². The average molecular weight is 274 g/mol. The molecule has 0 saturated heterocycles. The van der Waals surface area contributed by atoms with Gasteiger partial charge < -0.3 is 10.1 Å². The lowest BCUT2D eigenvalue weighted by molar-refractivity contribution is 0.0626. The fourth-order valence-corrected chi connectivity index (χ4v) is 3.48. The molecule has 1 aromatic heterocycles. The SMILES string of the molecule is COC1CCC(NCCc2ccc(Cl)s2)CC1. The third-order valence-corrected chi connectivity index (χ3v) is 4.73. The van der Waals surface area contributed by atoms with Crippen LogP contribution in [0, 0.1) is 0 Å². The molecular weight excluding hydrogens is 254 g/mol. The van der Waals surface area contributed by atoms with Crippen LogP contribution in [0.5, 0.6) is 0 Å². The summed E-state index contributed by atoms with van der Waals surface area (Å²) in [5, 5.41) is 3.63. The van der Waals surface area contributed by atoms with Crippen LogP contribution in [0.2, 0.25) is 4.34 Å². The maximum Gasteiger partial charge on any atom is 0.0931 e. The number of rotatable bonds is 5. The Labute approximate surface area is 112 Å². The first kappa shape index (κ1) is 13.3. The summed E-state index contributed by atoms with van der Waals surface area (Å²) in [5.74, 6) is 0. The number of methoxy groups -OCH3 is 1. The molecule has 1 fully saturated rings. The van der Waals surface area contributed by atoms with E-state index in [1.54, 1.807) is 11.3 Å². The van der Waals surface area contributed by atoms with Gasteiger partial charge in [0, 0.05) is 24.6 Å². The average Bonchev–Trinajstić information content (AvgIpc) is 2.76. The Morgan fingerprint density at radius 2 is 2.12 bits per heavy atom. The van der Waals surface area contributed by atoms with Gasteiger partial charge in [-0.05, 0) is 44.2 Å². The number of nitrogens with one attached hydrogen (secondary N) is 1. The van der Waals surface area contributed by atoms with E-state index in [1.807, 2.05) is 13.2 Å². The molecule has 1 heterocycles. The third-order valence-electron chi connectivity index (χ3n) is 3.44. The lowest BCUT2D eigenvalue weighted by atomic mass is 9.93. The van der Waals surface area contributed by atoms with Crippen LogP contribution in [0.4, 0.5) is 0 Å². The van der Waals surface area contributed by atoms with Gasteiger partial charge in [0.05, 0.1) is 10.4 Å². The van der Waals surface area contributed by atoms with E-state index < -0.39 is 0 Å². The summed E-state index contributed by atoms with van der Waals surface area (Å²) in [7, 11) is 1.82. The Hall–Kier alpha value is -0.0900. The molecular formula is C13H20ClNOS. The minimum Gasteiger partial charge on any atom is -0.381 e. The lowest BCUT2D eigenvalue weighted by Gasteiger charge is -2.28. The van der Waals surface area contributed by atoms with Crippen LogP contribution in [0.15, 0.2) is 12.1 Å². The van der Waals surface area contributed by atoms with E-state index in [0.29, 0.717) is 12.1 Å². The van der Waals surface area contributed by atoms with Gasteiger partial charge >= 0.3 is 0 Å². The van der Waals surface area contributed by atoms with Gasteiger partial charge in [-0.1, -0.05) is 11.6 Å². The highest BCUT2D eigenvalue weighted by molar-refractivity contribution is 7.16. The van der Waals surface area contributed by atoms with Crippen molar-refractivity contribution in [2.24, 2.45) is 0 Å². The minimum absolute atomic E-state index is 0.490. The second-order valence-corrected chi connectivity index (χ2v) is 6.42. The Kier molecular flexibility index (Phi) is 5.29. The molecule has 0 bridgehead atoms. The van der Waals surface area contributed by atoms with Crippen LogP contribution in [-0.4, -0.2) is 25.8 Å². The topological polar surface area (TPSA) is 21.3 Å². The predicted molar refractivity (Wildman–Crippen MR) is 74.1 cm³/mol. The van der Waals surface area contributed by atoms with Crippen molar-refractivity contribution in [3.63, 3.8) is 0 Å². The number of hydrogen-bond donors (Lipinski definition) is 1. The maximum absolute atomic E-state index is 5.90. The lowest BCUT2D eigenvalue weighted by Crippen LogP contribution is -2.36. The Morgan fingerprint density at radius 1 is 1.35 bits per heavy atom. The summed E-state index contributed by atoms with van der Waals surface area (Å²) in [5.41, 5.74) is 0. The van der Waals surface area contributed by atoms with Crippen LogP contribution in [-0.2, 0) is 11.2 Å². The van der Waals surface area contributed by atoms with Crippen LogP contribution in [0.1, 0.15) is 30.6 Å². The fraction of sp³-hybridized carbons (Fsp3) is 0.692. The minimum atomic E-state index is 0.490. The van der Waals surface area contributed by atoms with Crippen molar-refractivity contribution in [2.45, 2.75) is 44.2 Å². The molecule has 1 N–H and O–H groups in total. The molecule has 0 atom stereocenters. The Morgan fingerprint density at radius 3 is 2.71 bits per heavy atom. The quantitative estimate of drug-likeness (QED) is 0.887. The molecule has 2 nitrogen and oxygen atoms in total. The van der Waals surface area contributed by atoms with Gasteiger partial charge in [0.15, 0.2) is 0 Å². The zero-order chi connectivity index (χ0) is 12.1. The first-order valence-electron chi connectivity index (χ1n) is 6.28. The summed E-state index contributed by atoms with van der Waals surface area (Å²) in [6.07, 6.45) is 6.44. The van der Waals surface area contributed by atoms with E-state index in [9.17, 15) is 0 Å². The van der Waals surface area contributed by atoms with Gasteiger partial charge in [0.1, 0.15) is 0 Å².